The third-order valence-electron chi connectivity index (χ3n) is 3.13. The standard InChI is InChI=1S/C13H13N3O2S/c14-8-4-1-3-7(11(8)17)12(18)16-13-15-9-5-2-6-10(9)19-13/h1,3-4,17H,2,5-6,14H2,(H,15,16,18). The van der Waals surface area contributed by atoms with E-state index in [2.05, 4.69) is 10.3 Å². The molecule has 1 aliphatic carbocycles. The molecular weight excluding hydrogens is 262 g/mol. The van der Waals surface area contributed by atoms with Gasteiger partial charge in [0.1, 0.15) is 0 Å². The number of carbonyl (C=O) groups excluding carboxylic acids is 1. The molecule has 0 bridgehead atoms. The van der Waals surface area contributed by atoms with Crippen LogP contribution in [0.3, 0.4) is 0 Å². The Morgan fingerprint density at radius 2 is 2.26 bits per heavy atom. The molecule has 1 aromatic heterocycles. The first-order valence-electron chi connectivity index (χ1n) is 6.02. The van der Waals surface area contributed by atoms with E-state index >= 15 is 0 Å². The van der Waals surface area contributed by atoms with Crippen molar-refractivity contribution < 1.29 is 9.90 Å². The number of carbonyl (C=O) groups is 1. The highest BCUT2D eigenvalue weighted by atomic mass is 32.1. The minimum atomic E-state index is -0.391. The summed E-state index contributed by atoms with van der Waals surface area (Å²) in [5.74, 6) is -0.582. The van der Waals surface area contributed by atoms with Crippen LogP contribution in [0.2, 0.25) is 0 Å². The predicted octanol–water partition coefficient (Wildman–Crippen LogP) is 2.17. The van der Waals surface area contributed by atoms with E-state index in [-0.39, 0.29) is 17.0 Å². The molecule has 6 heteroatoms. The summed E-state index contributed by atoms with van der Waals surface area (Å²) in [6, 6.07) is 4.71. The van der Waals surface area contributed by atoms with Crippen LogP contribution in [0.1, 0.15) is 27.3 Å². The van der Waals surface area contributed by atoms with Gasteiger partial charge in [0.15, 0.2) is 10.9 Å². The Balaban J connectivity index is 1.82. The maximum absolute atomic E-state index is 12.1. The minimum Gasteiger partial charge on any atom is -0.505 e. The summed E-state index contributed by atoms with van der Waals surface area (Å²) in [6.45, 7) is 0. The van der Waals surface area contributed by atoms with Gasteiger partial charge >= 0.3 is 0 Å². The van der Waals surface area contributed by atoms with Gasteiger partial charge in [-0.3, -0.25) is 10.1 Å². The smallest absolute Gasteiger partial charge is 0.261 e. The van der Waals surface area contributed by atoms with Crippen molar-refractivity contribution in [1.29, 1.82) is 0 Å². The number of amides is 1. The zero-order valence-electron chi connectivity index (χ0n) is 10.1. The van der Waals surface area contributed by atoms with Crippen molar-refractivity contribution in [2.24, 2.45) is 0 Å². The van der Waals surface area contributed by atoms with Gasteiger partial charge in [-0.25, -0.2) is 4.98 Å². The topological polar surface area (TPSA) is 88.2 Å². The molecule has 0 unspecified atom stereocenters. The first kappa shape index (κ1) is 12.0. The van der Waals surface area contributed by atoms with Gasteiger partial charge < -0.3 is 10.8 Å². The molecule has 0 radical (unpaired) electrons. The van der Waals surface area contributed by atoms with Crippen LogP contribution >= 0.6 is 11.3 Å². The number of nitrogens with one attached hydrogen (secondary N) is 1. The number of para-hydroxylation sites is 1. The van der Waals surface area contributed by atoms with Crippen LogP contribution in [-0.4, -0.2) is 16.0 Å². The van der Waals surface area contributed by atoms with E-state index in [0.717, 1.165) is 25.0 Å². The quantitative estimate of drug-likeness (QED) is 0.579. The van der Waals surface area contributed by atoms with Crippen molar-refractivity contribution in [2.45, 2.75) is 19.3 Å². The molecule has 1 heterocycles. The molecule has 1 aromatic carbocycles. The van der Waals surface area contributed by atoms with Crippen LogP contribution in [0.15, 0.2) is 18.2 Å². The molecule has 0 fully saturated rings. The number of anilines is 2. The highest BCUT2D eigenvalue weighted by Gasteiger charge is 2.19. The molecular formula is C13H13N3O2S. The van der Waals surface area contributed by atoms with E-state index in [1.54, 1.807) is 12.1 Å². The molecule has 5 nitrogen and oxygen atoms in total. The Labute approximate surface area is 114 Å². The fourth-order valence-electron chi connectivity index (χ4n) is 2.15. The third kappa shape index (κ3) is 2.15. The van der Waals surface area contributed by atoms with E-state index < -0.39 is 5.91 Å². The molecule has 3 rings (SSSR count). The second-order valence-electron chi connectivity index (χ2n) is 4.44. The highest BCUT2D eigenvalue weighted by Crippen LogP contribution is 2.31. The van der Waals surface area contributed by atoms with Crippen LogP contribution in [0.4, 0.5) is 10.8 Å². The third-order valence-corrected chi connectivity index (χ3v) is 4.20. The van der Waals surface area contributed by atoms with Gasteiger partial charge in [0.2, 0.25) is 0 Å². The minimum absolute atomic E-state index is 0.162. The summed E-state index contributed by atoms with van der Waals surface area (Å²) in [5, 5.41) is 13.0. The number of aromatic hydroxyl groups is 1. The van der Waals surface area contributed by atoms with Crippen molar-refractivity contribution in [2.75, 3.05) is 11.1 Å². The van der Waals surface area contributed by atoms with Gasteiger partial charge in [0, 0.05) is 4.88 Å². The number of aromatic nitrogens is 1. The first-order chi connectivity index (χ1) is 9.15. The summed E-state index contributed by atoms with van der Waals surface area (Å²) >= 11 is 1.50. The Hall–Kier alpha value is -2.08. The van der Waals surface area contributed by atoms with Gasteiger partial charge in [0.05, 0.1) is 16.9 Å². The summed E-state index contributed by atoms with van der Waals surface area (Å²) in [6.07, 6.45) is 3.15. The van der Waals surface area contributed by atoms with Crippen molar-refractivity contribution >= 4 is 28.1 Å². The number of fused-ring (bicyclic) bond motifs is 1. The summed E-state index contributed by atoms with van der Waals surface area (Å²) in [7, 11) is 0. The van der Waals surface area contributed by atoms with Crippen molar-refractivity contribution in [3.63, 3.8) is 0 Å². The van der Waals surface area contributed by atoms with Gasteiger partial charge in [-0.05, 0) is 31.4 Å². The second kappa shape index (κ2) is 4.55. The zero-order valence-corrected chi connectivity index (χ0v) is 11.0. The fraction of sp³-hybridized carbons (Fsp3) is 0.231. The molecule has 1 aliphatic rings. The van der Waals surface area contributed by atoms with E-state index in [1.807, 2.05) is 0 Å². The zero-order chi connectivity index (χ0) is 13.4. The second-order valence-corrected chi connectivity index (χ2v) is 5.52. The molecule has 0 spiro atoms. The lowest BCUT2D eigenvalue weighted by Gasteiger charge is -2.06. The van der Waals surface area contributed by atoms with E-state index in [9.17, 15) is 9.90 Å². The maximum atomic E-state index is 12.1. The lowest BCUT2D eigenvalue weighted by Crippen LogP contribution is -2.12. The Morgan fingerprint density at radius 3 is 3.05 bits per heavy atom. The molecule has 2 aromatic rings. The monoisotopic (exact) mass is 275 g/mol. The van der Waals surface area contributed by atoms with Crippen molar-refractivity contribution in [1.82, 2.24) is 4.98 Å². The van der Waals surface area contributed by atoms with Crippen LogP contribution in [0.5, 0.6) is 5.75 Å². The summed E-state index contributed by atoms with van der Waals surface area (Å²) in [5.41, 5.74) is 7.00. The maximum Gasteiger partial charge on any atom is 0.261 e. The van der Waals surface area contributed by atoms with Crippen LogP contribution in [0.25, 0.3) is 0 Å². The van der Waals surface area contributed by atoms with Gasteiger partial charge in [0.25, 0.3) is 5.91 Å². The normalized spacial score (nSPS) is 13.3. The summed E-state index contributed by atoms with van der Waals surface area (Å²) < 4.78 is 0. The number of benzene rings is 1. The summed E-state index contributed by atoms with van der Waals surface area (Å²) in [4.78, 5) is 17.7. The van der Waals surface area contributed by atoms with Gasteiger partial charge in [-0.15, -0.1) is 11.3 Å². The van der Waals surface area contributed by atoms with Crippen LogP contribution in [-0.2, 0) is 12.8 Å². The largest absolute Gasteiger partial charge is 0.505 e. The number of nitrogens with zero attached hydrogens (tertiary/aromatic N) is 1. The fourth-order valence-corrected chi connectivity index (χ4v) is 3.20. The average Bonchev–Trinajstić information content (AvgIpc) is 2.93. The van der Waals surface area contributed by atoms with Crippen LogP contribution < -0.4 is 11.1 Å². The van der Waals surface area contributed by atoms with Crippen molar-refractivity contribution in [3.8, 4) is 5.75 Å². The number of phenolic OH excluding ortho intramolecular Hbond substituents is 1. The molecule has 98 valence electrons. The molecule has 1 amide bonds. The average molecular weight is 275 g/mol. The molecule has 4 N–H and O–H groups in total. The first-order valence-corrected chi connectivity index (χ1v) is 6.84. The number of nitrogens with two attached hydrogens (primary N) is 1. The number of rotatable bonds is 2. The number of hydrogen-bond acceptors (Lipinski definition) is 5. The van der Waals surface area contributed by atoms with E-state index in [1.165, 1.54) is 22.3 Å². The van der Waals surface area contributed by atoms with Crippen LogP contribution in [0, 0.1) is 0 Å². The predicted molar refractivity (Wildman–Crippen MR) is 74.6 cm³/mol. The molecule has 0 saturated heterocycles. The number of phenols is 1. The Morgan fingerprint density at radius 1 is 1.42 bits per heavy atom. The molecule has 0 atom stereocenters. The SMILES string of the molecule is Nc1cccc(C(=O)Nc2nc3c(s2)CCC3)c1O. The Bertz CT molecular complexity index is 630. The number of hydrogen-bond donors (Lipinski definition) is 3. The lowest BCUT2D eigenvalue weighted by molar-refractivity contribution is 0.102. The number of aryl methyl sites for hydroxylation is 2. The highest BCUT2D eigenvalue weighted by molar-refractivity contribution is 7.16. The Kier molecular flexibility index (Phi) is 2.87. The van der Waals surface area contributed by atoms with Gasteiger partial charge in [-0.2, -0.15) is 0 Å². The lowest BCUT2D eigenvalue weighted by atomic mass is 10.1. The van der Waals surface area contributed by atoms with Crippen molar-refractivity contribution in [3.05, 3.63) is 34.3 Å². The molecule has 0 aliphatic heterocycles. The van der Waals surface area contributed by atoms with Gasteiger partial charge in [-0.1, -0.05) is 6.07 Å². The number of nitrogen functional groups attached to an aromatic ring is 1. The molecule has 19 heavy (non-hydrogen) atoms. The van der Waals surface area contributed by atoms with E-state index in [4.69, 9.17) is 5.73 Å². The number of thiazole rings is 1. The molecule has 0 saturated carbocycles. The van der Waals surface area contributed by atoms with E-state index in [0.29, 0.717) is 5.13 Å².